The van der Waals surface area contributed by atoms with Gasteiger partial charge in [0.25, 0.3) is 0 Å². The Kier molecular flexibility index (Phi) is 4.68. The van der Waals surface area contributed by atoms with Crippen molar-refractivity contribution in [3.63, 3.8) is 0 Å². The van der Waals surface area contributed by atoms with Gasteiger partial charge in [0.1, 0.15) is 5.82 Å². The first-order valence-electron chi connectivity index (χ1n) is 6.65. The lowest BCUT2D eigenvalue weighted by atomic mass is 10.2. The third-order valence-electron chi connectivity index (χ3n) is 3.19. The topological polar surface area (TPSA) is 61.4 Å². The van der Waals surface area contributed by atoms with Gasteiger partial charge in [0.05, 0.1) is 5.69 Å². The van der Waals surface area contributed by atoms with E-state index in [1.165, 1.54) is 17.0 Å². The number of nitrogens with zero attached hydrogens (tertiary/aromatic N) is 1. The van der Waals surface area contributed by atoms with Gasteiger partial charge >= 0.3 is 11.8 Å². The van der Waals surface area contributed by atoms with E-state index >= 15 is 0 Å². The van der Waals surface area contributed by atoms with Gasteiger partial charge in [-0.05, 0) is 37.6 Å². The molecule has 0 unspecified atom stereocenters. The van der Waals surface area contributed by atoms with Crippen molar-refractivity contribution in [2.75, 3.05) is 31.5 Å². The quantitative estimate of drug-likeness (QED) is 0.751. The van der Waals surface area contributed by atoms with Crippen molar-refractivity contribution < 1.29 is 14.0 Å². The van der Waals surface area contributed by atoms with E-state index in [2.05, 4.69) is 10.6 Å². The van der Waals surface area contributed by atoms with Crippen LogP contribution in [0.3, 0.4) is 0 Å². The minimum atomic E-state index is -0.795. The van der Waals surface area contributed by atoms with Crippen LogP contribution in [0, 0.1) is 12.7 Å². The van der Waals surface area contributed by atoms with Crippen LogP contribution in [0.5, 0.6) is 0 Å². The highest BCUT2D eigenvalue weighted by molar-refractivity contribution is 6.39. The maximum Gasteiger partial charge on any atom is 0.313 e. The lowest BCUT2D eigenvalue weighted by molar-refractivity contribution is -0.143. The Hall–Kier alpha value is -1.95. The van der Waals surface area contributed by atoms with E-state index in [4.69, 9.17) is 0 Å². The highest BCUT2D eigenvalue weighted by Gasteiger charge is 2.23. The smallest absolute Gasteiger partial charge is 0.313 e. The van der Waals surface area contributed by atoms with Gasteiger partial charge in [-0.25, -0.2) is 4.39 Å². The molecule has 1 aromatic rings. The molecular weight excluding hydrogens is 261 g/mol. The molecule has 0 aromatic heterocycles. The molecule has 0 bridgehead atoms. The van der Waals surface area contributed by atoms with Crippen LogP contribution in [0.1, 0.15) is 12.0 Å². The average Bonchev–Trinajstić information content (AvgIpc) is 2.71. The van der Waals surface area contributed by atoms with Crippen LogP contribution in [0.25, 0.3) is 0 Å². The van der Waals surface area contributed by atoms with E-state index in [0.29, 0.717) is 19.6 Å². The van der Waals surface area contributed by atoms with Crippen molar-refractivity contribution in [3.8, 4) is 0 Å². The van der Waals surface area contributed by atoms with Gasteiger partial charge in [-0.1, -0.05) is 6.07 Å². The van der Waals surface area contributed by atoms with Gasteiger partial charge < -0.3 is 15.5 Å². The zero-order valence-corrected chi connectivity index (χ0v) is 11.4. The fraction of sp³-hybridized carbons (Fsp3) is 0.429. The molecule has 2 rings (SSSR count). The van der Waals surface area contributed by atoms with Gasteiger partial charge in [-0.3, -0.25) is 9.59 Å². The lowest BCUT2D eigenvalue weighted by Gasteiger charge is -2.19. The maximum absolute atomic E-state index is 13.6. The van der Waals surface area contributed by atoms with Crippen LogP contribution in [-0.4, -0.2) is 42.9 Å². The molecule has 2 N–H and O–H groups in total. The molecule has 1 aliphatic rings. The summed E-state index contributed by atoms with van der Waals surface area (Å²) in [5.41, 5.74) is 0.851. The normalized spacial score (nSPS) is 15.6. The Morgan fingerprint density at radius 2 is 2.10 bits per heavy atom. The summed E-state index contributed by atoms with van der Waals surface area (Å²) in [5.74, 6) is -1.96. The van der Waals surface area contributed by atoms with Crippen LogP contribution in [0.2, 0.25) is 0 Å². The summed E-state index contributed by atoms with van der Waals surface area (Å²) < 4.78 is 13.6. The number of benzene rings is 1. The first-order chi connectivity index (χ1) is 9.58. The Balaban J connectivity index is 2.03. The number of halogens is 1. The number of hydrogen-bond acceptors (Lipinski definition) is 3. The predicted octanol–water partition coefficient (Wildman–Crippen LogP) is 0.895. The van der Waals surface area contributed by atoms with E-state index in [0.717, 1.165) is 18.5 Å². The Morgan fingerprint density at radius 3 is 2.90 bits per heavy atom. The molecule has 6 heteroatoms. The van der Waals surface area contributed by atoms with Gasteiger partial charge in [-0.2, -0.15) is 0 Å². The molecule has 1 aliphatic heterocycles. The number of aryl methyl sites for hydroxylation is 1. The molecular formula is C14H18FN3O2. The highest BCUT2D eigenvalue weighted by atomic mass is 19.1. The number of anilines is 1. The number of rotatable bonds is 1. The van der Waals surface area contributed by atoms with Gasteiger partial charge in [0.2, 0.25) is 0 Å². The number of carbonyl (C=O) groups is 2. The van der Waals surface area contributed by atoms with Crippen LogP contribution in [0.4, 0.5) is 10.1 Å². The van der Waals surface area contributed by atoms with Crippen LogP contribution in [0.15, 0.2) is 18.2 Å². The summed E-state index contributed by atoms with van der Waals surface area (Å²) in [4.78, 5) is 25.4. The fourth-order valence-corrected chi connectivity index (χ4v) is 2.10. The van der Waals surface area contributed by atoms with Crippen molar-refractivity contribution in [3.05, 3.63) is 29.6 Å². The molecule has 0 saturated carbocycles. The molecule has 2 amide bonds. The zero-order chi connectivity index (χ0) is 14.5. The Labute approximate surface area is 117 Å². The second kappa shape index (κ2) is 6.47. The summed E-state index contributed by atoms with van der Waals surface area (Å²) in [6.45, 7) is 4.31. The summed E-state index contributed by atoms with van der Waals surface area (Å²) in [5, 5.41) is 5.49. The summed E-state index contributed by atoms with van der Waals surface area (Å²) in [7, 11) is 0. The SMILES string of the molecule is Cc1ccc(F)c(NC(=O)C(=O)N2CCCNCC2)c1. The van der Waals surface area contributed by atoms with Crippen molar-refractivity contribution in [1.82, 2.24) is 10.2 Å². The number of nitrogens with one attached hydrogen (secondary N) is 2. The van der Waals surface area contributed by atoms with Gasteiger partial charge in [0, 0.05) is 19.6 Å². The second-order valence-corrected chi connectivity index (χ2v) is 4.83. The highest BCUT2D eigenvalue weighted by Crippen LogP contribution is 2.15. The zero-order valence-electron chi connectivity index (χ0n) is 11.4. The third-order valence-corrected chi connectivity index (χ3v) is 3.19. The molecule has 1 aromatic carbocycles. The molecule has 1 fully saturated rings. The van der Waals surface area contributed by atoms with Crippen molar-refractivity contribution >= 4 is 17.5 Å². The molecule has 5 nitrogen and oxygen atoms in total. The number of carbonyl (C=O) groups excluding carboxylic acids is 2. The van der Waals surface area contributed by atoms with Crippen molar-refractivity contribution in [2.24, 2.45) is 0 Å². The maximum atomic E-state index is 13.6. The average molecular weight is 279 g/mol. The fourth-order valence-electron chi connectivity index (χ4n) is 2.10. The lowest BCUT2D eigenvalue weighted by Crippen LogP contribution is -2.41. The second-order valence-electron chi connectivity index (χ2n) is 4.83. The van der Waals surface area contributed by atoms with Crippen LogP contribution < -0.4 is 10.6 Å². The van der Waals surface area contributed by atoms with Crippen molar-refractivity contribution in [1.29, 1.82) is 0 Å². The van der Waals surface area contributed by atoms with Crippen molar-refractivity contribution in [2.45, 2.75) is 13.3 Å². The monoisotopic (exact) mass is 279 g/mol. The molecule has 0 aliphatic carbocycles. The molecule has 0 radical (unpaired) electrons. The van der Waals surface area contributed by atoms with E-state index in [9.17, 15) is 14.0 Å². The molecule has 1 heterocycles. The number of amides is 2. The summed E-state index contributed by atoms with van der Waals surface area (Å²) in [6, 6.07) is 4.38. The van der Waals surface area contributed by atoms with E-state index in [-0.39, 0.29) is 5.69 Å². The Bertz CT molecular complexity index is 511. The molecule has 1 saturated heterocycles. The van der Waals surface area contributed by atoms with Crippen LogP contribution in [-0.2, 0) is 9.59 Å². The predicted molar refractivity (Wildman–Crippen MR) is 73.8 cm³/mol. The summed E-state index contributed by atoms with van der Waals surface area (Å²) in [6.07, 6.45) is 0.803. The summed E-state index contributed by atoms with van der Waals surface area (Å²) >= 11 is 0. The standard InChI is InChI=1S/C14H18FN3O2/c1-10-3-4-11(15)12(9-10)17-13(19)14(20)18-7-2-5-16-6-8-18/h3-4,9,16H,2,5-8H2,1H3,(H,17,19). The number of hydrogen-bond donors (Lipinski definition) is 2. The van der Waals surface area contributed by atoms with E-state index in [1.807, 2.05) is 0 Å². The molecule has 108 valence electrons. The molecule has 0 spiro atoms. The molecule has 20 heavy (non-hydrogen) atoms. The largest absolute Gasteiger partial charge is 0.333 e. The Morgan fingerprint density at radius 1 is 1.30 bits per heavy atom. The van der Waals surface area contributed by atoms with E-state index in [1.54, 1.807) is 13.0 Å². The van der Waals surface area contributed by atoms with Crippen LogP contribution >= 0.6 is 0 Å². The van der Waals surface area contributed by atoms with Gasteiger partial charge in [-0.15, -0.1) is 0 Å². The minimum Gasteiger partial charge on any atom is -0.333 e. The first-order valence-corrected chi connectivity index (χ1v) is 6.65. The molecule has 0 atom stereocenters. The first kappa shape index (κ1) is 14.5. The third kappa shape index (κ3) is 3.54. The van der Waals surface area contributed by atoms with Gasteiger partial charge in [0.15, 0.2) is 0 Å². The van der Waals surface area contributed by atoms with E-state index < -0.39 is 17.6 Å². The minimum absolute atomic E-state index is 0.0382.